The van der Waals surface area contributed by atoms with Crippen LogP contribution in [0.3, 0.4) is 0 Å². The van der Waals surface area contributed by atoms with Gasteiger partial charge in [0.25, 0.3) is 5.56 Å². The number of rotatable bonds is 1. The molecule has 14 heavy (non-hydrogen) atoms. The van der Waals surface area contributed by atoms with E-state index in [4.69, 9.17) is 0 Å². The number of aromatic nitrogens is 2. The topological polar surface area (TPSA) is 34.9 Å². The summed E-state index contributed by atoms with van der Waals surface area (Å²) in [5.41, 5.74) is 0.798. The normalized spacial score (nSPS) is 10.1. The molecule has 0 radical (unpaired) electrons. The quantitative estimate of drug-likeness (QED) is 0.677. The summed E-state index contributed by atoms with van der Waals surface area (Å²) in [6.45, 7) is 1.81. The second-order valence-electron chi connectivity index (χ2n) is 3.00. The van der Waals surface area contributed by atoms with Gasteiger partial charge in [0.05, 0.1) is 5.69 Å². The number of hydrogen-bond donors (Lipinski definition) is 0. The van der Waals surface area contributed by atoms with Crippen molar-refractivity contribution in [3.63, 3.8) is 0 Å². The van der Waals surface area contributed by atoms with Gasteiger partial charge in [-0.3, -0.25) is 9.36 Å². The largest absolute Gasteiger partial charge is 0.269 e. The van der Waals surface area contributed by atoms with Crippen LogP contribution in [0, 0.1) is 6.92 Å². The van der Waals surface area contributed by atoms with Crippen LogP contribution in [0.25, 0.3) is 5.69 Å². The van der Waals surface area contributed by atoms with Crippen molar-refractivity contribution >= 4 is 0 Å². The third kappa shape index (κ3) is 1.44. The van der Waals surface area contributed by atoms with Gasteiger partial charge >= 0.3 is 0 Å². The van der Waals surface area contributed by atoms with E-state index in [1.54, 1.807) is 4.57 Å². The number of aryl methyl sites for hydroxylation is 1. The maximum Gasteiger partial charge on any atom is 0.258 e. The second kappa shape index (κ2) is 3.46. The van der Waals surface area contributed by atoms with Gasteiger partial charge in [-0.1, -0.05) is 18.2 Å². The van der Waals surface area contributed by atoms with Crippen LogP contribution in [0.15, 0.2) is 47.4 Å². The molecular weight excluding hydrogens is 176 g/mol. The van der Waals surface area contributed by atoms with E-state index in [2.05, 4.69) is 4.98 Å². The van der Waals surface area contributed by atoms with E-state index in [0.29, 0.717) is 5.82 Å². The fraction of sp³-hybridized carbons (Fsp3) is 0.0909. The molecule has 1 aromatic carbocycles. The Morgan fingerprint density at radius 3 is 2.50 bits per heavy atom. The first-order valence-corrected chi connectivity index (χ1v) is 4.39. The zero-order chi connectivity index (χ0) is 9.97. The van der Waals surface area contributed by atoms with Crippen LogP contribution in [0.2, 0.25) is 0 Å². The minimum atomic E-state index is -0.0521. The first kappa shape index (κ1) is 8.69. The van der Waals surface area contributed by atoms with E-state index < -0.39 is 0 Å². The molecule has 0 unspecified atom stereocenters. The minimum absolute atomic E-state index is 0.0521. The molecule has 70 valence electrons. The molecule has 2 aromatic rings. The Hall–Kier alpha value is -1.90. The molecule has 0 aliphatic carbocycles. The summed E-state index contributed by atoms with van der Waals surface area (Å²) in [6, 6.07) is 10.9. The smallest absolute Gasteiger partial charge is 0.258 e. The Morgan fingerprint density at radius 1 is 1.14 bits per heavy atom. The average molecular weight is 186 g/mol. The van der Waals surface area contributed by atoms with Crippen molar-refractivity contribution in [2.75, 3.05) is 0 Å². The van der Waals surface area contributed by atoms with Crippen LogP contribution >= 0.6 is 0 Å². The van der Waals surface area contributed by atoms with E-state index in [0.717, 1.165) is 5.69 Å². The predicted molar refractivity (Wildman–Crippen MR) is 54.6 cm³/mol. The number of benzene rings is 1. The van der Waals surface area contributed by atoms with Crippen molar-refractivity contribution in [3.8, 4) is 5.69 Å². The number of hydrogen-bond acceptors (Lipinski definition) is 2. The van der Waals surface area contributed by atoms with E-state index >= 15 is 0 Å². The van der Waals surface area contributed by atoms with E-state index in [9.17, 15) is 4.79 Å². The Labute approximate surface area is 81.7 Å². The first-order valence-electron chi connectivity index (χ1n) is 4.39. The summed E-state index contributed by atoms with van der Waals surface area (Å²) in [6.07, 6.45) is 1.52. The van der Waals surface area contributed by atoms with Crippen molar-refractivity contribution in [2.24, 2.45) is 0 Å². The van der Waals surface area contributed by atoms with E-state index in [1.165, 1.54) is 12.3 Å². The molecule has 2 rings (SSSR count). The van der Waals surface area contributed by atoms with Crippen molar-refractivity contribution in [1.82, 2.24) is 9.55 Å². The van der Waals surface area contributed by atoms with Gasteiger partial charge < -0.3 is 0 Å². The molecule has 1 heterocycles. The molecule has 0 saturated heterocycles. The summed E-state index contributed by atoms with van der Waals surface area (Å²) >= 11 is 0. The zero-order valence-corrected chi connectivity index (χ0v) is 7.84. The summed E-state index contributed by atoms with van der Waals surface area (Å²) in [5, 5.41) is 0. The van der Waals surface area contributed by atoms with Gasteiger partial charge in [0.15, 0.2) is 0 Å². The van der Waals surface area contributed by atoms with Gasteiger partial charge in [-0.05, 0) is 19.1 Å². The molecule has 0 atom stereocenters. The molecule has 3 heteroatoms. The Bertz CT molecular complexity index is 488. The van der Waals surface area contributed by atoms with Crippen LogP contribution in [-0.4, -0.2) is 9.55 Å². The lowest BCUT2D eigenvalue weighted by Gasteiger charge is -2.07. The summed E-state index contributed by atoms with van der Waals surface area (Å²) in [5.74, 6) is 0.698. The van der Waals surface area contributed by atoms with Gasteiger partial charge in [0, 0.05) is 12.3 Å². The molecular formula is C11H10N2O. The molecule has 0 saturated carbocycles. The molecule has 0 amide bonds. The maximum absolute atomic E-state index is 11.6. The Kier molecular flexibility index (Phi) is 2.14. The minimum Gasteiger partial charge on any atom is -0.269 e. The third-order valence-corrected chi connectivity index (χ3v) is 2.04. The molecule has 0 aliphatic rings. The predicted octanol–water partition coefficient (Wildman–Crippen LogP) is 1.54. The maximum atomic E-state index is 11.6. The lowest BCUT2D eigenvalue weighted by atomic mass is 10.3. The van der Waals surface area contributed by atoms with Crippen LogP contribution < -0.4 is 5.56 Å². The third-order valence-electron chi connectivity index (χ3n) is 2.04. The van der Waals surface area contributed by atoms with Crippen molar-refractivity contribution in [3.05, 3.63) is 58.8 Å². The molecule has 0 N–H and O–H groups in total. The first-order chi connectivity index (χ1) is 6.79. The second-order valence-corrected chi connectivity index (χ2v) is 3.00. The van der Waals surface area contributed by atoms with Gasteiger partial charge in [-0.25, -0.2) is 4.98 Å². The monoisotopic (exact) mass is 186 g/mol. The molecule has 3 nitrogen and oxygen atoms in total. The number of para-hydroxylation sites is 1. The average Bonchev–Trinajstić information content (AvgIpc) is 2.19. The highest BCUT2D eigenvalue weighted by Crippen LogP contribution is 2.04. The van der Waals surface area contributed by atoms with Crippen LogP contribution in [0.5, 0.6) is 0 Å². The molecule has 1 aromatic heterocycles. The Morgan fingerprint density at radius 2 is 1.86 bits per heavy atom. The van der Waals surface area contributed by atoms with Crippen molar-refractivity contribution in [1.29, 1.82) is 0 Å². The van der Waals surface area contributed by atoms with Crippen molar-refractivity contribution < 1.29 is 0 Å². The standard InChI is InChI=1S/C11H10N2O/c1-9-12-8-7-11(14)13(9)10-5-3-2-4-6-10/h2-8H,1H3. The summed E-state index contributed by atoms with van der Waals surface area (Å²) < 4.78 is 1.58. The molecule has 0 bridgehead atoms. The fourth-order valence-electron chi connectivity index (χ4n) is 1.39. The van der Waals surface area contributed by atoms with Crippen LogP contribution in [0.4, 0.5) is 0 Å². The lowest BCUT2D eigenvalue weighted by Crippen LogP contribution is -2.20. The lowest BCUT2D eigenvalue weighted by molar-refractivity contribution is 0.870. The van der Waals surface area contributed by atoms with Crippen molar-refractivity contribution in [2.45, 2.75) is 6.92 Å². The zero-order valence-electron chi connectivity index (χ0n) is 7.84. The Balaban J connectivity index is 2.69. The van der Waals surface area contributed by atoms with Crippen LogP contribution in [-0.2, 0) is 0 Å². The van der Waals surface area contributed by atoms with Gasteiger partial charge in [-0.2, -0.15) is 0 Å². The molecule has 0 fully saturated rings. The van der Waals surface area contributed by atoms with Gasteiger partial charge in [-0.15, -0.1) is 0 Å². The molecule has 0 aliphatic heterocycles. The SMILES string of the molecule is Cc1nccc(=O)n1-c1ccccc1. The summed E-state index contributed by atoms with van der Waals surface area (Å²) in [4.78, 5) is 15.6. The van der Waals surface area contributed by atoms with Gasteiger partial charge in [0.2, 0.25) is 0 Å². The highest BCUT2D eigenvalue weighted by Gasteiger charge is 2.01. The number of nitrogens with zero attached hydrogens (tertiary/aromatic N) is 2. The fourth-order valence-corrected chi connectivity index (χ4v) is 1.39. The summed E-state index contributed by atoms with van der Waals surface area (Å²) in [7, 11) is 0. The van der Waals surface area contributed by atoms with Gasteiger partial charge in [0.1, 0.15) is 5.82 Å². The van der Waals surface area contributed by atoms with Crippen LogP contribution in [0.1, 0.15) is 5.82 Å². The van der Waals surface area contributed by atoms with E-state index in [-0.39, 0.29) is 5.56 Å². The van der Waals surface area contributed by atoms with E-state index in [1.807, 2.05) is 37.3 Å². The highest BCUT2D eigenvalue weighted by atomic mass is 16.1. The highest BCUT2D eigenvalue weighted by molar-refractivity contribution is 5.32. The molecule has 0 spiro atoms.